The van der Waals surface area contributed by atoms with E-state index in [0.29, 0.717) is 11.6 Å². The van der Waals surface area contributed by atoms with E-state index in [1.54, 1.807) is 18.5 Å². The summed E-state index contributed by atoms with van der Waals surface area (Å²) in [5.74, 6) is 0.857. The molecule has 0 atom stereocenters. The van der Waals surface area contributed by atoms with E-state index in [9.17, 15) is 0 Å². The Balaban J connectivity index is 1.74. The molecule has 3 aromatic rings. The summed E-state index contributed by atoms with van der Waals surface area (Å²) in [7, 11) is 0. The third-order valence-corrected chi connectivity index (χ3v) is 3.78. The number of aromatic nitrogens is 3. The standard InChI is InChI=1S/C16H14N6/c17-6-11-4-5-16-19-9-14(22(16)10-11)13-2-1-3-15(21-13)20-12-7-18-8-12/h1-5,9-10,12,18H,7-8H2,(H,20,21). The van der Waals surface area contributed by atoms with E-state index in [1.807, 2.05) is 28.7 Å². The van der Waals surface area contributed by atoms with Gasteiger partial charge in [0.25, 0.3) is 0 Å². The molecule has 6 heteroatoms. The Labute approximate surface area is 127 Å². The summed E-state index contributed by atoms with van der Waals surface area (Å²) < 4.78 is 1.90. The molecular formula is C16H14N6. The maximum atomic E-state index is 9.06. The van der Waals surface area contributed by atoms with Crippen LogP contribution in [-0.4, -0.2) is 33.5 Å². The molecule has 0 saturated carbocycles. The van der Waals surface area contributed by atoms with Crippen molar-refractivity contribution in [2.75, 3.05) is 18.4 Å². The lowest BCUT2D eigenvalue weighted by Crippen LogP contribution is -2.51. The molecule has 22 heavy (non-hydrogen) atoms. The zero-order valence-corrected chi connectivity index (χ0v) is 11.8. The summed E-state index contributed by atoms with van der Waals surface area (Å²) >= 11 is 0. The van der Waals surface area contributed by atoms with Crippen molar-refractivity contribution in [1.29, 1.82) is 5.26 Å². The minimum atomic E-state index is 0.440. The quantitative estimate of drug-likeness (QED) is 0.767. The first-order chi connectivity index (χ1) is 10.8. The lowest BCUT2D eigenvalue weighted by Gasteiger charge is -2.28. The van der Waals surface area contributed by atoms with Crippen LogP contribution in [0.3, 0.4) is 0 Å². The Bertz CT molecular complexity index is 872. The second-order valence-corrected chi connectivity index (χ2v) is 5.31. The van der Waals surface area contributed by atoms with Crippen molar-refractivity contribution in [2.24, 2.45) is 0 Å². The number of fused-ring (bicyclic) bond motifs is 1. The molecule has 4 rings (SSSR count). The summed E-state index contributed by atoms with van der Waals surface area (Å²) in [6, 6.07) is 12.1. The number of rotatable bonds is 3. The van der Waals surface area contributed by atoms with Gasteiger partial charge in [-0.2, -0.15) is 5.26 Å². The Morgan fingerprint density at radius 1 is 1.27 bits per heavy atom. The topological polar surface area (TPSA) is 78.0 Å². The largest absolute Gasteiger partial charge is 0.365 e. The highest BCUT2D eigenvalue weighted by atomic mass is 15.1. The summed E-state index contributed by atoms with van der Waals surface area (Å²) in [6.07, 6.45) is 3.57. The number of nitrogens with one attached hydrogen (secondary N) is 2. The molecule has 0 radical (unpaired) electrons. The van der Waals surface area contributed by atoms with Gasteiger partial charge < -0.3 is 10.6 Å². The van der Waals surface area contributed by atoms with Gasteiger partial charge in [0.05, 0.1) is 29.2 Å². The summed E-state index contributed by atoms with van der Waals surface area (Å²) in [6.45, 7) is 1.93. The molecule has 1 fully saturated rings. The predicted octanol–water partition coefficient (Wildman–Crippen LogP) is 1.65. The molecule has 0 aliphatic carbocycles. The first-order valence-electron chi connectivity index (χ1n) is 7.15. The number of pyridine rings is 2. The number of imidazole rings is 1. The zero-order valence-electron chi connectivity index (χ0n) is 11.8. The van der Waals surface area contributed by atoms with Gasteiger partial charge in [0, 0.05) is 19.3 Å². The Morgan fingerprint density at radius 3 is 2.95 bits per heavy atom. The van der Waals surface area contributed by atoms with Crippen LogP contribution in [0.25, 0.3) is 17.0 Å². The summed E-state index contributed by atoms with van der Waals surface area (Å²) in [5.41, 5.74) is 3.11. The second kappa shape index (κ2) is 5.13. The van der Waals surface area contributed by atoms with E-state index in [4.69, 9.17) is 5.26 Å². The molecule has 0 spiro atoms. The molecule has 4 heterocycles. The fourth-order valence-corrected chi connectivity index (χ4v) is 2.49. The van der Waals surface area contributed by atoms with Gasteiger partial charge in [-0.1, -0.05) is 6.07 Å². The van der Waals surface area contributed by atoms with Crippen LogP contribution in [0.4, 0.5) is 5.82 Å². The van der Waals surface area contributed by atoms with Gasteiger partial charge in [0.15, 0.2) is 0 Å². The van der Waals surface area contributed by atoms with Crippen LogP contribution in [0.15, 0.2) is 42.7 Å². The normalized spacial score (nSPS) is 14.5. The van der Waals surface area contributed by atoms with E-state index in [1.165, 1.54) is 0 Å². The van der Waals surface area contributed by atoms with Gasteiger partial charge in [-0.05, 0) is 24.3 Å². The van der Waals surface area contributed by atoms with E-state index < -0.39 is 0 Å². The summed E-state index contributed by atoms with van der Waals surface area (Å²) in [4.78, 5) is 9.03. The van der Waals surface area contributed by atoms with Crippen molar-refractivity contribution in [3.63, 3.8) is 0 Å². The van der Waals surface area contributed by atoms with E-state index >= 15 is 0 Å². The maximum absolute atomic E-state index is 9.06. The van der Waals surface area contributed by atoms with Crippen molar-refractivity contribution in [3.05, 3.63) is 48.3 Å². The van der Waals surface area contributed by atoms with Crippen molar-refractivity contribution < 1.29 is 0 Å². The van der Waals surface area contributed by atoms with E-state index in [0.717, 1.165) is 35.9 Å². The van der Waals surface area contributed by atoms with Gasteiger partial charge in [-0.3, -0.25) is 4.40 Å². The van der Waals surface area contributed by atoms with Crippen LogP contribution >= 0.6 is 0 Å². The van der Waals surface area contributed by atoms with Crippen LogP contribution in [0.5, 0.6) is 0 Å². The van der Waals surface area contributed by atoms with Crippen LogP contribution in [0.1, 0.15) is 5.56 Å². The van der Waals surface area contributed by atoms with Gasteiger partial charge in [-0.15, -0.1) is 0 Å². The molecule has 1 saturated heterocycles. The molecule has 0 aromatic carbocycles. The van der Waals surface area contributed by atoms with Crippen LogP contribution in [0, 0.1) is 11.3 Å². The van der Waals surface area contributed by atoms with Gasteiger partial charge in [0.1, 0.15) is 17.5 Å². The molecule has 0 unspecified atom stereocenters. The van der Waals surface area contributed by atoms with Crippen molar-refractivity contribution in [1.82, 2.24) is 19.7 Å². The smallest absolute Gasteiger partial charge is 0.137 e. The van der Waals surface area contributed by atoms with E-state index in [-0.39, 0.29) is 0 Å². The third-order valence-electron chi connectivity index (χ3n) is 3.78. The fraction of sp³-hybridized carbons (Fsp3) is 0.188. The average Bonchev–Trinajstić information content (AvgIpc) is 2.94. The van der Waals surface area contributed by atoms with Gasteiger partial charge in [0.2, 0.25) is 0 Å². The molecule has 1 aliphatic heterocycles. The number of nitrogens with zero attached hydrogens (tertiary/aromatic N) is 4. The van der Waals surface area contributed by atoms with E-state index in [2.05, 4.69) is 26.7 Å². The molecule has 0 bridgehead atoms. The van der Waals surface area contributed by atoms with Crippen LogP contribution < -0.4 is 10.6 Å². The lowest BCUT2D eigenvalue weighted by molar-refractivity contribution is 0.471. The Kier molecular flexibility index (Phi) is 2.99. The maximum Gasteiger partial charge on any atom is 0.137 e. The number of hydrogen-bond acceptors (Lipinski definition) is 5. The number of hydrogen-bond donors (Lipinski definition) is 2. The molecule has 6 nitrogen and oxygen atoms in total. The highest BCUT2D eigenvalue weighted by molar-refractivity contribution is 5.62. The minimum Gasteiger partial charge on any atom is -0.365 e. The highest BCUT2D eigenvalue weighted by Crippen LogP contribution is 2.21. The van der Waals surface area contributed by atoms with Crippen molar-refractivity contribution in [2.45, 2.75) is 6.04 Å². The fourth-order valence-electron chi connectivity index (χ4n) is 2.49. The first-order valence-corrected chi connectivity index (χ1v) is 7.15. The van der Waals surface area contributed by atoms with Gasteiger partial charge in [-0.25, -0.2) is 9.97 Å². The van der Waals surface area contributed by atoms with Crippen LogP contribution in [0.2, 0.25) is 0 Å². The zero-order chi connectivity index (χ0) is 14.9. The predicted molar refractivity (Wildman–Crippen MR) is 83.4 cm³/mol. The first kappa shape index (κ1) is 12.8. The molecule has 108 valence electrons. The average molecular weight is 290 g/mol. The third kappa shape index (κ3) is 2.18. The number of anilines is 1. The highest BCUT2D eigenvalue weighted by Gasteiger charge is 2.17. The molecular weight excluding hydrogens is 276 g/mol. The van der Waals surface area contributed by atoms with Crippen molar-refractivity contribution in [3.8, 4) is 17.5 Å². The molecule has 2 N–H and O–H groups in total. The minimum absolute atomic E-state index is 0.440. The Hall–Kier alpha value is -2.91. The summed E-state index contributed by atoms with van der Waals surface area (Å²) in [5, 5.41) is 15.7. The number of nitriles is 1. The SMILES string of the molecule is N#Cc1ccc2ncc(-c3cccc(NC4CNC4)n3)n2c1. The lowest BCUT2D eigenvalue weighted by atomic mass is 10.2. The van der Waals surface area contributed by atoms with Gasteiger partial charge >= 0.3 is 0 Å². The van der Waals surface area contributed by atoms with Crippen molar-refractivity contribution >= 4 is 11.5 Å². The Morgan fingerprint density at radius 2 is 2.18 bits per heavy atom. The molecule has 0 amide bonds. The second-order valence-electron chi connectivity index (χ2n) is 5.31. The van der Waals surface area contributed by atoms with Crippen LogP contribution in [-0.2, 0) is 0 Å². The molecule has 1 aliphatic rings. The monoisotopic (exact) mass is 290 g/mol. The molecule has 3 aromatic heterocycles.